The van der Waals surface area contributed by atoms with Gasteiger partial charge in [0.1, 0.15) is 5.82 Å². The van der Waals surface area contributed by atoms with E-state index in [-0.39, 0.29) is 11.6 Å². The predicted octanol–water partition coefficient (Wildman–Crippen LogP) is 4.88. The summed E-state index contributed by atoms with van der Waals surface area (Å²) in [4.78, 5) is 11.0. The number of aromatic carboxylic acids is 1. The van der Waals surface area contributed by atoms with Crippen LogP contribution >= 0.6 is 0 Å². The number of halogens is 1. The van der Waals surface area contributed by atoms with Gasteiger partial charge in [0.25, 0.3) is 0 Å². The molecule has 0 spiro atoms. The molecule has 3 atom stereocenters. The quantitative estimate of drug-likeness (QED) is 0.827. The minimum Gasteiger partial charge on any atom is -0.478 e. The Morgan fingerprint density at radius 2 is 2.04 bits per heavy atom. The minimum absolute atomic E-state index is 0.0325. The standard InChI is InChI=1S/C20H20FNO2/c1-11-5-8-18-16(9-11)13-3-2-4-14(13)19(22-18)12-6-7-15(20(23)24)17(21)10-12/h5-10,13-14,19,22H,2-4H2,1H3,(H,23,24)/t13-,14+,19+/m1/s1. The first kappa shape index (κ1) is 15.2. The molecule has 2 aromatic rings. The van der Waals surface area contributed by atoms with Gasteiger partial charge in [0.05, 0.1) is 11.6 Å². The Labute approximate surface area is 140 Å². The largest absolute Gasteiger partial charge is 0.478 e. The summed E-state index contributed by atoms with van der Waals surface area (Å²) in [5.74, 6) is -0.969. The van der Waals surface area contributed by atoms with Crippen LogP contribution in [0.3, 0.4) is 0 Å². The molecule has 0 aromatic heterocycles. The number of carboxylic acids is 1. The van der Waals surface area contributed by atoms with Crippen molar-refractivity contribution < 1.29 is 14.3 Å². The Balaban J connectivity index is 1.75. The van der Waals surface area contributed by atoms with Crippen LogP contribution in [-0.4, -0.2) is 11.1 Å². The molecule has 124 valence electrons. The molecular weight excluding hydrogens is 305 g/mol. The van der Waals surface area contributed by atoms with Gasteiger partial charge in [-0.1, -0.05) is 30.2 Å². The van der Waals surface area contributed by atoms with E-state index < -0.39 is 11.8 Å². The molecule has 0 saturated heterocycles. The average Bonchev–Trinajstić information content (AvgIpc) is 3.03. The Kier molecular flexibility index (Phi) is 3.56. The third-order valence-corrected chi connectivity index (χ3v) is 5.50. The van der Waals surface area contributed by atoms with Crippen LogP contribution < -0.4 is 5.32 Å². The smallest absolute Gasteiger partial charge is 0.338 e. The van der Waals surface area contributed by atoms with Crippen LogP contribution in [0.2, 0.25) is 0 Å². The van der Waals surface area contributed by atoms with Gasteiger partial charge in [0.15, 0.2) is 0 Å². The van der Waals surface area contributed by atoms with E-state index in [1.54, 1.807) is 6.07 Å². The van der Waals surface area contributed by atoms with E-state index in [4.69, 9.17) is 5.11 Å². The minimum atomic E-state index is -1.23. The van der Waals surface area contributed by atoms with Gasteiger partial charge in [0, 0.05) is 5.69 Å². The van der Waals surface area contributed by atoms with Crippen molar-refractivity contribution in [2.24, 2.45) is 5.92 Å². The van der Waals surface area contributed by atoms with Gasteiger partial charge in [0.2, 0.25) is 0 Å². The third kappa shape index (κ3) is 2.37. The molecule has 1 fully saturated rings. The molecule has 1 saturated carbocycles. The average molecular weight is 325 g/mol. The Morgan fingerprint density at radius 1 is 1.21 bits per heavy atom. The maximum atomic E-state index is 14.1. The summed E-state index contributed by atoms with van der Waals surface area (Å²) in [5.41, 5.74) is 4.32. The first-order valence-electron chi connectivity index (χ1n) is 8.44. The molecule has 0 unspecified atom stereocenters. The molecule has 3 nitrogen and oxygen atoms in total. The number of rotatable bonds is 2. The number of fused-ring (bicyclic) bond motifs is 3. The summed E-state index contributed by atoms with van der Waals surface area (Å²) in [6.07, 6.45) is 3.45. The van der Waals surface area contributed by atoms with Crippen molar-refractivity contribution in [1.82, 2.24) is 0 Å². The summed E-state index contributed by atoms with van der Waals surface area (Å²) in [6, 6.07) is 11.0. The SMILES string of the molecule is Cc1ccc2c(c1)[C@@H]1CCC[C@@H]1[C@H](c1ccc(C(=O)O)c(F)c1)N2. The Morgan fingerprint density at radius 3 is 2.79 bits per heavy atom. The summed E-state index contributed by atoms with van der Waals surface area (Å²) < 4.78 is 14.1. The topological polar surface area (TPSA) is 49.3 Å². The molecule has 2 N–H and O–H groups in total. The van der Waals surface area contributed by atoms with E-state index in [1.807, 2.05) is 0 Å². The molecule has 4 rings (SSSR count). The van der Waals surface area contributed by atoms with Crippen molar-refractivity contribution in [1.29, 1.82) is 0 Å². The molecular formula is C20H20FNO2. The fraction of sp³-hybridized carbons (Fsp3) is 0.350. The zero-order chi connectivity index (χ0) is 16.8. The third-order valence-electron chi connectivity index (χ3n) is 5.50. The van der Waals surface area contributed by atoms with Crippen LogP contribution in [0.5, 0.6) is 0 Å². The monoisotopic (exact) mass is 325 g/mol. The number of aryl methyl sites for hydroxylation is 1. The van der Waals surface area contributed by atoms with Crippen LogP contribution in [0.15, 0.2) is 36.4 Å². The zero-order valence-corrected chi connectivity index (χ0v) is 13.6. The van der Waals surface area contributed by atoms with E-state index in [0.29, 0.717) is 11.8 Å². The second kappa shape index (κ2) is 5.62. The molecule has 1 heterocycles. The number of anilines is 1. The summed E-state index contributed by atoms with van der Waals surface area (Å²) in [5, 5.41) is 12.6. The number of nitrogens with one attached hydrogen (secondary N) is 1. The zero-order valence-electron chi connectivity index (χ0n) is 13.6. The number of carboxylic acid groups (broad SMARTS) is 1. The predicted molar refractivity (Wildman–Crippen MR) is 91.0 cm³/mol. The van der Waals surface area contributed by atoms with Crippen molar-refractivity contribution in [2.75, 3.05) is 5.32 Å². The van der Waals surface area contributed by atoms with Crippen molar-refractivity contribution in [3.8, 4) is 0 Å². The Hall–Kier alpha value is -2.36. The maximum Gasteiger partial charge on any atom is 0.338 e. The van der Waals surface area contributed by atoms with Crippen molar-refractivity contribution in [3.63, 3.8) is 0 Å². The molecule has 0 amide bonds. The van der Waals surface area contributed by atoms with E-state index >= 15 is 0 Å². The van der Waals surface area contributed by atoms with Gasteiger partial charge in [-0.05, 0) is 60.9 Å². The van der Waals surface area contributed by atoms with Gasteiger partial charge < -0.3 is 10.4 Å². The number of benzene rings is 2. The van der Waals surface area contributed by atoms with E-state index in [9.17, 15) is 9.18 Å². The van der Waals surface area contributed by atoms with Gasteiger partial charge in [-0.15, -0.1) is 0 Å². The molecule has 1 aliphatic heterocycles. The van der Waals surface area contributed by atoms with Gasteiger partial charge >= 0.3 is 5.97 Å². The lowest BCUT2D eigenvalue weighted by Gasteiger charge is -2.38. The van der Waals surface area contributed by atoms with Crippen molar-refractivity contribution >= 4 is 11.7 Å². The highest BCUT2D eigenvalue weighted by Gasteiger charge is 2.40. The molecule has 0 radical (unpaired) electrons. The Bertz CT molecular complexity index is 817. The lowest BCUT2D eigenvalue weighted by molar-refractivity contribution is 0.0692. The fourth-order valence-electron chi connectivity index (χ4n) is 4.40. The first-order valence-corrected chi connectivity index (χ1v) is 8.44. The first-order chi connectivity index (χ1) is 11.5. The highest BCUT2D eigenvalue weighted by atomic mass is 19.1. The van der Waals surface area contributed by atoms with Crippen LogP contribution in [0, 0.1) is 18.7 Å². The van der Waals surface area contributed by atoms with Crippen molar-refractivity contribution in [3.05, 3.63) is 64.5 Å². The van der Waals surface area contributed by atoms with Gasteiger partial charge in [-0.3, -0.25) is 0 Å². The van der Waals surface area contributed by atoms with Crippen LogP contribution in [0.1, 0.15) is 58.3 Å². The van der Waals surface area contributed by atoms with Crippen LogP contribution in [0.4, 0.5) is 10.1 Å². The second-order valence-corrected chi connectivity index (χ2v) is 6.96. The molecule has 4 heteroatoms. The molecule has 2 aromatic carbocycles. The molecule has 1 aliphatic carbocycles. The summed E-state index contributed by atoms with van der Waals surface area (Å²) in [7, 11) is 0. The normalized spacial score (nSPS) is 24.8. The van der Waals surface area contributed by atoms with E-state index in [2.05, 4.69) is 30.4 Å². The molecule has 2 aliphatic rings. The maximum absolute atomic E-state index is 14.1. The summed E-state index contributed by atoms with van der Waals surface area (Å²) in [6.45, 7) is 2.11. The number of carbonyl (C=O) groups is 1. The van der Waals surface area contributed by atoms with Gasteiger partial charge in [-0.2, -0.15) is 0 Å². The highest BCUT2D eigenvalue weighted by molar-refractivity contribution is 5.88. The fourth-order valence-corrected chi connectivity index (χ4v) is 4.40. The highest BCUT2D eigenvalue weighted by Crippen LogP contribution is 2.52. The number of hydrogen-bond acceptors (Lipinski definition) is 2. The van der Waals surface area contributed by atoms with Crippen molar-refractivity contribution in [2.45, 2.75) is 38.1 Å². The van der Waals surface area contributed by atoms with Gasteiger partial charge in [-0.25, -0.2) is 9.18 Å². The second-order valence-electron chi connectivity index (χ2n) is 6.96. The van der Waals surface area contributed by atoms with E-state index in [1.165, 1.54) is 29.7 Å². The lowest BCUT2D eigenvalue weighted by Crippen LogP contribution is -2.29. The summed E-state index contributed by atoms with van der Waals surface area (Å²) >= 11 is 0. The lowest BCUT2D eigenvalue weighted by atomic mass is 9.77. The molecule has 0 bridgehead atoms. The van der Waals surface area contributed by atoms with Crippen LogP contribution in [-0.2, 0) is 0 Å². The number of hydrogen-bond donors (Lipinski definition) is 2. The van der Waals surface area contributed by atoms with E-state index in [0.717, 1.165) is 24.1 Å². The van der Waals surface area contributed by atoms with Crippen LogP contribution in [0.25, 0.3) is 0 Å². The molecule has 24 heavy (non-hydrogen) atoms.